The molecule has 0 radical (unpaired) electrons. The van der Waals surface area contributed by atoms with E-state index in [1.807, 2.05) is 22.4 Å². The number of hydrogen-bond acceptors (Lipinski definition) is 4. The highest BCUT2D eigenvalue weighted by Crippen LogP contribution is 2.26. The van der Waals surface area contributed by atoms with Crippen molar-refractivity contribution in [2.24, 2.45) is 0 Å². The fraction of sp³-hybridized carbons (Fsp3) is 0.389. The maximum absolute atomic E-state index is 13.1. The van der Waals surface area contributed by atoms with E-state index in [0.29, 0.717) is 29.4 Å². The monoisotopic (exact) mass is 365 g/mol. The Morgan fingerprint density at radius 3 is 3.00 bits per heavy atom. The van der Waals surface area contributed by atoms with Gasteiger partial charge in [0, 0.05) is 23.1 Å². The molecule has 0 spiro atoms. The Morgan fingerprint density at radius 2 is 2.33 bits per heavy atom. The summed E-state index contributed by atoms with van der Waals surface area (Å²) in [6.45, 7) is 1.91. The number of hydrogen-bond donors (Lipinski definition) is 0. The zero-order chi connectivity index (χ0) is 16.9. The number of thiophene rings is 1. The number of nitrogens with zero attached hydrogens (tertiary/aromatic N) is 1. The first-order valence-corrected chi connectivity index (χ1v) is 9.20. The lowest BCUT2D eigenvalue weighted by molar-refractivity contribution is 0.0507. The summed E-state index contributed by atoms with van der Waals surface area (Å²) in [5, 5.41) is 2.54. The summed E-state index contributed by atoms with van der Waals surface area (Å²) in [7, 11) is 1.56. The van der Waals surface area contributed by atoms with E-state index in [1.165, 1.54) is 0 Å². The lowest BCUT2D eigenvalue weighted by atomic mass is 10.1. The molecule has 0 saturated carbocycles. The minimum absolute atomic E-state index is 0.0850. The van der Waals surface area contributed by atoms with Gasteiger partial charge >= 0.3 is 0 Å². The molecule has 1 saturated heterocycles. The first kappa shape index (κ1) is 17.3. The molecule has 1 amide bonds. The molecule has 1 unspecified atom stereocenters. The quantitative estimate of drug-likeness (QED) is 0.768. The third-order valence-electron chi connectivity index (χ3n) is 4.05. The van der Waals surface area contributed by atoms with E-state index >= 15 is 0 Å². The second-order valence-corrected chi connectivity index (χ2v) is 7.21. The summed E-state index contributed by atoms with van der Waals surface area (Å²) in [4.78, 5) is 16.1. The van der Waals surface area contributed by atoms with Crippen molar-refractivity contribution in [3.8, 4) is 5.75 Å². The summed E-state index contributed by atoms with van der Waals surface area (Å²) in [6, 6.07) is 9.15. The lowest BCUT2D eigenvalue weighted by Gasteiger charge is -2.26. The van der Waals surface area contributed by atoms with Crippen molar-refractivity contribution in [3.63, 3.8) is 0 Å². The van der Waals surface area contributed by atoms with Gasteiger partial charge in [-0.25, -0.2) is 0 Å². The molecule has 4 nitrogen and oxygen atoms in total. The normalized spacial score (nSPS) is 17.0. The Morgan fingerprint density at radius 1 is 1.46 bits per heavy atom. The molecule has 1 aliphatic heterocycles. The summed E-state index contributed by atoms with van der Waals surface area (Å²) in [5.41, 5.74) is 0.486. The third kappa shape index (κ3) is 4.09. The Balaban J connectivity index is 1.85. The summed E-state index contributed by atoms with van der Waals surface area (Å²) in [6.07, 6.45) is 2.13. The molecule has 6 heteroatoms. The first-order chi connectivity index (χ1) is 11.7. The minimum atomic E-state index is -0.0850. The number of halogens is 1. The highest BCUT2D eigenvalue weighted by molar-refractivity contribution is 7.09. The molecule has 3 rings (SSSR count). The molecule has 1 atom stereocenters. The molecule has 1 aromatic heterocycles. The second-order valence-electron chi connectivity index (χ2n) is 5.74. The van der Waals surface area contributed by atoms with Gasteiger partial charge in [-0.3, -0.25) is 4.79 Å². The average Bonchev–Trinajstić information content (AvgIpc) is 3.27. The number of rotatable bonds is 6. The van der Waals surface area contributed by atoms with E-state index < -0.39 is 0 Å². The molecule has 1 fully saturated rings. The van der Waals surface area contributed by atoms with E-state index in [9.17, 15) is 4.79 Å². The van der Waals surface area contributed by atoms with Crippen LogP contribution in [0.25, 0.3) is 0 Å². The number of amides is 1. The number of carbonyl (C=O) groups excluding carboxylic acids is 1. The maximum atomic E-state index is 13.1. The van der Waals surface area contributed by atoms with Crippen LogP contribution in [-0.2, 0) is 11.3 Å². The second kappa shape index (κ2) is 8.01. The van der Waals surface area contributed by atoms with Crippen LogP contribution in [-0.4, -0.2) is 37.2 Å². The van der Waals surface area contributed by atoms with Crippen molar-refractivity contribution in [1.82, 2.24) is 4.90 Å². The Hall–Kier alpha value is -1.56. The molecule has 0 aliphatic carbocycles. The Kier molecular flexibility index (Phi) is 5.76. The van der Waals surface area contributed by atoms with E-state index in [0.717, 1.165) is 24.3 Å². The molecule has 128 valence electrons. The SMILES string of the molecule is COc1ccc(Cl)cc1C(=O)N(Cc1cccs1)CC1CCCO1. The van der Waals surface area contributed by atoms with E-state index in [2.05, 4.69) is 0 Å². The molecule has 2 heterocycles. The lowest BCUT2D eigenvalue weighted by Crippen LogP contribution is -2.37. The molecular weight excluding hydrogens is 346 g/mol. The standard InChI is InChI=1S/C18H20ClNO3S/c1-22-17-7-6-13(19)10-16(17)18(21)20(11-14-4-2-8-23-14)12-15-5-3-9-24-15/h3,5-7,9-10,14H,2,4,8,11-12H2,1H3. The predicted octanol–water partition coefficient (Wildman–Crippen LogP) is 4.23. The molecule has 1 aliphatic rings. The van der Waals surface area contributed by atoms with Crippen LogP contribution in [0.2, 0.25) is 5.02 Å². The predicted molar refractivity (Wildman–Crippen MR) is 96.0 cm³/mol. The van der Waals surface area contributed by atoms with Gasteiger partial charge in [-0.2, -0.15) is 0 Å². The Labute approximate surface area is 150 Å². The fourth-order valence-electron chi connectivity index (χ4n) is 2.86. The molecular formula is C18H20ClNO3S. The van der Waals surface area contributed by atoms with Crippen LogP contribution < -0.4 is 4.74 Å². The maximum Gasteiger partial charge on any atom is 0.258 e. The van der Waals surface area contributed by atoms with Gasteiger partial charge in [-0.15, -0.1) is 11.3 Å². The van der Waals surface area contributed by atoms with Gasteiger partial charge in [-0.05, 0) is 42.5 Å². The van der Waals surface area contributed by atoms with Crippen molar-refractivity contribution >= 4 is 28.8 Å². The number of methoxy groups -OCH3 is 1. The largest absolute Gasteiger partial charge is 0.496 e. The van der Waals surface area contributed by atoms with Gasteiger partial charge in [0.15, 0.2) is 0 Å². The van der Waals surface area contributed by atoms with Crippen LogP contribution in [0.5, 0.6) is 5.75 Å². The smallest absolute Gasteiger partial charge is 0.258 e. The molecule has 0 N–H and O–H groups in total. The van der Waals surface area contributed by atoms with Gasteiger partial charge in [0.2, 0.25) is 0 Å². The highest BCUT2D eigenvalue weighted by Gasteiger charge is 2.25. The fourth-order valence-corrected chi connectivity index (χ4v) is 3.75. The van der Waals surface area contributed by atoms with Gasteiger partial charge < -0.3 is 14.4 Å². The zero-order valence-electron chi connectivity index (χ0n) is 13.5. The van der Waals surface area contributed by atoms with Crippen molar-refractivity contribution in [3.05, 3.63) is 51.2 Å². The van der Waals surface area contributed by atoms with Crippen molar-refractivity contribution < 1.29 is 14.3 Å². The number of carbonyl (C=O) groups is 1. The van der Waals surface area contributed by atoms with Crippen molar-refractivity contribution in [2.75, 3.05) is 20.3 Å². The van der Waals surface area contributed by atoms with Crippen molar-refractivity contribution in [1.29, 1.82) is 0 Å². The molecule has 2 aromatic rings. The van der Waals surface area contributed by atoms with Crippen LogP contribution in [0.15, 0.2) is 35.7 Å². The number of benzene rings is 1. The third-order valence-corrected chi connectivity index (χ3v) is 5.15. The van der Waals surface area contributed by atoms with Crippen LogP contribution in [0.3, 0.4) is 0 Å². The molecule has 24 heavy (non-hydrogen) atoms. The van der Waals surface area contributed by atoms with Crippen LogP contribution in [0.1, 0.15) is 28.1 Å². The van der Waals surface area contributed by atoms with E-state index in [4.69, 9.17) is 21.1 Å². The topological polar surface area (TPSA) is 38.8 Å². The average molecular weight is 366 g/mol. The summed E-state index contributed by atoms with van der Waals surface area (Å²) in [5.74, 6) is 0.450. The molecule has 0 bridgehead atoms. The number of ether oxygens (including phenoxy) is 2. The minimum Gasteiger partial charge on any atom is -0.496 e. The van der Waals surface area contributed by atoms with Gasteiger partial charge in [0.05, 0.1) is 25.3 Å². The zero-order valence-corrected chi connectivity index (χ0v) is 15.1. The highest BCUT2D eigenvalue weighted by atomic mass is 35.5. The van der Waals surface area contributed by atoms with Crippen LogP contribution >= 0.6 is 22.9 Å². The van der Waals surface area contributed by atoms with Gasteiger partial charge in [0.1, 0.15) is 5.75 Å². The van der Waals surface area contributed by atoms with E-state index in [1.54, 1.807) is 36.6 Å². The summed E-state index contributed by atoms with van der Waals surface area (Å²) >= 11 is 7.73. The van der Waals surface area contributed by atoms with Crippen molar-refractivity contribution in [2.45, 2.75) is 25.5 Å². The molecule has 1 aromatic carbocycles. The van der Waals surface area contributed by atoms with Crippen LogP contribution in [0.4, 0.5) is 0 Å². The van der Waals surface area contributed by atoms with Crippen LogP contribution in [0, 0.1) is 0 Å². The van der Waals surface area contributed by atoms with Gasteiger partial charge in [0.25, 0.3) is 5.91 Å². The van der Waals surface area contributed by atoms with Gasteiger partial charge in [-0.1, -0.05) is 17.7 Å². The van der Waals surface area contributed by atoms with E-state index in [-0.39, 0.29) is 12.0 Å². The Bertz CT molecular complexity index is 684. The first-order valence-electron chi connectivity index (χ1n) is 7.94. The summed E-state index contributed by atoms with van der Waals surface area (Å²) < 4.78 is 11.1.